The van der Waals surface area contributed by atoms with Crippen molar-refractivity contribution in [1.29, 1.82) is 0 Å². The fraction of sp³-hybridized carbons (Fsp3) is 0.611. The summed E-state index contributed by atoms with van der Waals surface area (Å²) in [5.41, 5.74) is 3.46. The molecule has 0 radical (unpaired) electrons. The first-order valence-corrected chi connectivity index (χ1v) is 8.27. The van der Waals surface area contributed by atoms with Crippen LogP contribution in [0.25, 0.3) is 0 Å². The number of fused-ring (bicyclic) bond motifs is 1. The van der Waals surface area contributed by atoms with Gasteiger partial charge in [0.05, 0.1) is 0 Å². The van der Waals surface area contributed by atoms with Crippen molar-refractivity contribution >= 4 is 11.7 Å². The average molecular weight is 304 g/mol. The molecule has 1 unspecified atom stereocenters. The number of aliphatic hydroxyl groups excluding tert-OH is 1. The van der Waals surface area contributed by atoms with Gasteiger partial charge in [-0.25, -0.2) is 4.79 Å². The van der Waals surface area contributed by atoms with Crippen LogP contribution in [0.5, 0.6) is 0 Å². The van der Waals surface area contributed by atoms with Crippen LogP contribution in [0, 0.1) is 18.8 Å². The first kappa shape index (κ1) is 16.8. The van der Waals surface area contributed by atoms with Gasteiger partial charge in [0.1, 0.15) is 0 Å². The topological polar surface area (TPSA) is 52.6 Å². The van der Waals surface area contributed by atoms with Crippen LogP contribution in [0.4, 0.5) is 10.5 Å². The van der Waals surface area contributed by atoms with Gasteiger partial charge in [-0.2, -0.15) is 0 Å². The molecule has 1 aromatic carbocycles. The molecule has 1 heterocycles. The number of hydrogen-bond acceptors (Lipinski definition) is 2. The van der Waals surface area contributed by atoms with Crippen molar-refractivity contribution in [3.05, 3.63) is 29.3 Å². The van der Waals surface area contributed by atoms with Gasteiger partial charge in [0.2, 0.25) is 0 Å². The lowest BCUT2D eigenvalue weighted by molar-refractivity contribution is 0.228. The zero-order valence-corrected chi connectivity index (χ0v) is 13.9. The minimum Gasteiger partial charge on any atom is -0.396 e. The molecule has 2 rings (SSSR count). The Morgan fingerprint density at radius 3 is 2.86 bits per heavy atom. The van der Waals surface area contributed by atoms with E-state index < -0.39 is 0 Å². The van der Waals surface area contributed by atoms with Crippen LogP contribution in [0.15, 0.2) is 18.2 Å². The van der Waals surface area contributed by atoms with E-state index in [1.165, 1.54) is 11.1 Å². The number of aryl methyl sites for hydroxylation is 1. The second kappa shape index (κ2) is 7.63. The summed E-state index contributed by atoms with van der Waals surface area (Å²) >= 11 is 0. The van der Waals surface area contributed by atoms with E-state index in [2.05, 4.69) is 44.3 Å². The molecule has 4 nitrogen and oxygen atoms in total. The molecule has 0 saturated carbocycles. The van der Waals surface area contributed by atoms with Gasteiger partial charge in [-0.05, 0) is 55.2 Å². The van der Waals surface area contributed by atoms with E-state index in [-0.39, 0.29) is 12.6 Å². The minimum atomic E-state index is -0.0176. The SMILES string of the molecule is Cc1ccc2c(c1)N(C(=O)NCC(CCO)CC(C)C)CC2. The molecule has 0 bridgehead atoms. The molecule has 0 spiro atoms. The first-order valence-electron chi connectivity index (χ1n) is 8.27. The van der Waals surface area contributed by atoms with E-state index in [1.54, 1.807) is 0 Å². The lowest BCUT2D eigenvalue weighted by Crippen LogP contribution is -2.41. The summed E-state index contributed by atoms with van der Waals surface area (Å²) in [6, 6.07) is 6.28. The maximum atomic E-state index is 12.5. The number of hydrogen-bond donors (Lipinski definition) is 2. The standard InChI is InChI=1S/C18H28N2O2/c1-13(2)10-15(7-9-21)12-19-18(22)20-8-6-16-5-4-14(3)11-17(16)20/h4-5,11,13,15,21H,6-10,12H2,1-3H3,(H,19,22). The molecule has 1 aliphatic heterocycles. The van der Waals surface area contributed by atoms with E-state index >= 15 is 0 Å². The van der Waals surface area contributed by atoms with E-state index in [1.807, 2.05) is 4.90 Å². The van der Waals surface area contributed by atoms with Gasteiger partial charge in [0.25, 0.3) is 0 Å². The highest BCUT2D eigenvalue weighted by atomic mass is 16.3. The van der Waals surface area contributed by atoms with Crippen LogP contribution in [0.3, 0.4) is 0 Å². The molecule has 0 aromatic heterocycles. The number of urea groups is 1. The predicted octanol–water partition coefficient (Wildman–Crippen LogP) is 3.11. The number of amides is 2. The molecule has 122 valence electrons. The molecule has 0 saturated heterocycles. The van der Waals surface area contributed by atoms with Crippen molar-refractivity contribution in [2.24, 2.45) is 11.8 Å². The zero-order valence-electron chi connectivity index (χ0n) is 13.9. The summed E-state index contributed by atoms with van der Waals surface area (Å²) in [6.07, 6.45) is 2.69. The Balaban J connectivity index is 1.94. The number of nitrogens with zero attached hydrogens (tertiary/aromatic N) is 1. The van der Waals surface area contributed by atoms with Gasteiger partial charge in [0.15, 0.2) is 0 Å². The molecule has 22 heavy (non-hydrogen) atoms. The minimum absolute atomic E-state index is 0.0176. The Bertz CT molecular complexity index is 514. The highest BCUT2D eigenvalue weighted by molar-refractivity contribution is 5.94. The van der Waals surface area contributed by atoms with E-state index in [0.29, 0.717) is 18.4 Å². The molecule has 0 aliphatic carbocycles. The Hall–Kier alpha value is -1.55. The highest BCUT2D eigenvalue weighted by Gasteiger charge is 2.25. The van der Waals surface area contributed by atoms with Crippen LogP contribution in [-0.2, 0) is 6.42 Å². The van der Waals surface area contributed by atoms with Crippen molar-refractivity contribution in [3.63, 3.8) is 0 Å². The van der Waals surface area contributed by atoms with Crippen LogP contribution in [0.1, 0.15) is 37.8 Å². The molecule has 1 atom stereocenters. The summed E-state index contributed by atoms with van der Waals surface area (Å²) in [5.74, 6) is 0.914. The largest absolute Gasteiger partial charge is 0.396 e. The van der Waals surface area contributed by atoms with Gasteiger partial charge in [-0.3, -0.25) is 4.90 Å². The fourth-order valence-electron chi connectivity index (χ4n) is 3.18. The Morgan fingerprint density at radius 2 is 2.18 bits per heavy atom. The lowest BCUT2D eigenvalue weighted by Gasteiger charge is -2.22. The van der Waals surface area contributed by atoms with Crippen LogP contribution < -0.4 is 10.2 Å². The summed E-state index contributed by atoms with van der Waals surface area (Å²) in [4.78, 5) is 14.3. The number of carbonyl (C=O) groups excluding carboxylic acids is 1. The molecule has 4 heteroatoms. The highest BCUT2D eigenvalue weighted by Crippen LogP contribution is 2.28. The first-order chi connectivity index (χ1) is 10.5. The monoisotopic (exact) mass is 304 g/mol. The van der Waals surface area contributed by atoms with Crippen molar-refractivity contribution in [2.75, 3.05) is 24.6 Å². The van der Waals surface area contributed by atoms with Gasteiger partial charge >= 0.3 is 6.03 Å². The number of rotatable bonds is 6. The van der Waals surface area contributed by atoms with Crippen molar-refractivity contribution in [2.45, 2.75) is 40.0 Å². The molecule has 2 N–H and O–H groups in total. The molecule has 1 aliphatic rings. The third-order valence-corrected chi connectivity index (χ3v) is 4.27. The molecule has 0 fully saturated rings. The van der Waals surface area contributed by atoms with E-state index in [0.717, 1.165) is 31.5 Å². The number of anilines is 1. The van der Waals surface area contributed by atoms with Gasteiger partial charge < -0.3 is 10.4 Å². The van der Waals surface area contributed by atoms with Crippen LogP contribution >= 0.6 is 0 Å². The molecular weight excluding hydrogens is 276 g/mol. The predicted molar refractivity (Wildman–Crippen MR) is 90.3 cm³/mol. The van der Waals surface area contributed by atoms with Gasteiger partial charge in [0, 0.05) is 25.4 Å². The number of nitrogens with one attached hydrogen (secondary N) is 1. The Morgan fingerprint density at radius 1 is 1.41 bits per heavy atom. The zero-order chi connectivity index (χ0) is 16.1. The lowest BCUT2D eigenvalue weighted by atomic mass is 9.94. The van der Waals surface area contributed by atoms with Crippen molar-refractivity contribution < 1.29 is 9.90 Å². The van der Waals surface area contributed by atoms with Gasteiger partial charge in [-0.15, -0.1) is 0 Å². The normalized spacial score (nSPS) is 15.0. The maximum Gasteiger partial charge on any atom is 0.321 e. The number of carbonyl (C=O) groups is 1. The smallest absolute Gasteiger partial charge is 0.321 e. The quantitative estimate of drug-likeness (QED) is 0.848. The van der Waals surface area contributed by atoms with Crippen LogP contribution in [0.2, 0.25) is 0 Å². The maximum absolute atomic E-state index is 12.5. The third kappa shape index (κ3) is 4.23. The Labute approximate surface area is 133 Å². The summed E-state index contributed by atoms with van der Waals surface area (Å²) < 4.78 is 0. The molecular formula is C18H28N2O2. The second-order valence-electron chi connectivity index (χ2n) is 6.73. The summed E-state index contributed by atoms with van der Waals surface area (Å²) in [5, 5.41) is 12.2. The summed E-state index contributed by atoms with van der Waals surface area (Å²) in [6.45, 7) is 7.96. The average Bonchev–Trinajstić information content (AvgIpc) is 2.87. The molecule has 1 aromatic rings. The second-order valence-corrected chi connectivity index (χ2v) is 6.73. The van der Waals surface area contributed by atoms with E-state index in [9.17, 15) is 4.79 Å². The third-order valence-electron chi connectivity index (χ3n) is 4.27. The summed E-state index contributed by atoms with van der Waals surface area (Å²) in [7, 11) is 0. The van der Waals surface area contributed by atoms with E-state index in [4.69, 9.17) is 5.11 Å². The van der Waals surface area contributed by atoms with Crippen LogP contribution in [-0.4, -0.2) is 30.8 Å². The molecule has 2 amide bonds. The number of aliphatic hydroxyl groups is 1. The van der Waals surface area contributed by atoms with Crippen molar-refractivity contribution in [3.8, 4) is 0 Å². The number of benzene rings is 1. The van der Waals surface area contributed by atoms with Crippen molar-refractivity contribution in [1.82, 2.24) is 5.32 Å². The van der Waals surface area contributed by atoms with Gasteiger partial charge in [-0.1, -0.05) is 26.0 Å². The Kier molecular flexibility index (Phi) is 5.83. The fourth-order valence-corrected chi connectivity index (χ4v) is 3.18.